The summed E-state index contributed by atoms with van der Waals surface area (Å²) in [5.74, 6) is 0.329. The summed E-state index contributed by atoms with van der Waals surface area (Å²) in [5.41, 5.74) is 2.47. The third kappa shape index (κ3) is 4.76. The van der Waals surface area contributed by atoms with Gasteiger partial charge in [0.15, 0.2) is 5.82 Å². The zero-order valence-corrected chi connectivity index (χ0v) is 16.1. The quantitative estimate of drug-likeness (QED) is 0.789. The van der Waals surface area contributed by atoms with Gasteiger partial charge >= 0.3 is 0 Å². The minimum absolute atomic E-state index is 0.183. The third-order valence-corrected chi connectivity index (χ3v) is 4.75. The van der Waals surface area contributed by atoms with Gasteiger partial charge in [-0.25, -0.2) is 4.98 Å². The average molecular weight is 368 g/mol. The van der Waals surface area contributed by atoms with Gasteiger partial charge in [0.1, 0.15) is 5.69 Å². The van der Waals surface area contributed by atoms with Gasteiger partial charge in [0.05, 0.1) is 5.69 Å². The first-order chi connectivity index (χ1) is 13.1. The van der Waals surface area contributed by atoms with Crippen LogP contribution in [0.2, 0.25) is 0 Å². The lowest BCUT2D eigenvalue weighted by Crippen LogP contribution is -2.29. The summed E-state index contributed by atoms with van der Waals surface area (Å²) in [6, 6.07) is 10.0. The van der Waals surface area contributed by atoms with Crippen LogP contribution in [-0.4, -0.2) is 34.5 Å². The molecule has 0 atom stereocenters. The van der Waals surface area contributed by atoms with Crippen LogP contribution in [0, 0.1) is 5.92 Å². The van der Waals surface area contributed by atoms with Crippen LogP contribution in [0.3, 0.4) is 0 Å². The Kier molecular flexibility index (Phi) is 6.27. The summed E-state index contributed by atoms with van der Waals surface area (Å²) in [4.78, 5) is 29.7. The van der Waals surface area contributed by atoms with E-state index in [0.29, 0.717) is 30.5 Å². The van der Waals surface area contributed by atoms with Crippen LogP contribution in [0.5, 0.6) is 0 Å². The summed E-state index contributed by atoms with van der Waals surface area (Å²) >= 11 is 0. The highest BCUT2D eigenvalue weighted by molar-refractivity contribution is 5.97. The average Bonchev–Trinajstić information content (AvgIpc) is 3.07. The van der Waals surface area contributed by atoms with Crippen molar-refractivity contribution in [1.29, 1.82) is 0 Å². The molecule has 0 spiro atoms. The first-order valence-corrected chi connectivity index (χ1v) is 9.76. The predicted octanol–water partition coefficient (Wildman–Crippen LogP) is 2.58. The van der Waals surface area contributed by atoms with Gasteiger partial charge in [-0.3, -0.25) is 9.59 Å². The van der Waals surface area contributed by atoms with E-state index >= 15 is 0 Å². The lowest BCUT2D eigenvalue weighted by Gasteiger charge is -2.17. The fraction of sp³-hybridized carbons (Fsp3) is 0.476. The predicted molar refractivity (Wildman–Crippen MR) is 105 cm³/mol. The van der Waals surface area contributed by atoms with Crippen LogP contribution in [0.1, 0.15) is 59.1 Å². The van der Waals surface area contributed by atoms with Crippen molar-refractivity contribution >= 4 is 11.8 Å². The monoisotopic (exact) mass is 368 g/mol. The molecule has 0 bridgehead atoms. The van der Waals surface area contributed by atoms with Gasteiger partial charge in [-0.15, -0.1) is 0 Å². The van der Waals surface area contributed by atoms with Gasteiger partial charge in [-0.2, -0.15) is 0 Å². The molecule has 3 rings (SSSR count). The first kappa shape index (κ1) is 19.1. The molecule has 2 heterocycles. The molecule has 0 saturated heterocycles. The van der Waals surface area contributed by atoms with Crippen molar-refractivity contribution in [2.24, 2.45) is 5.92 Å². The van der Waals surface area contributed by atoms with Crippen LogP contribution in [-0.2, 0) is 19.4 Å². The standard InChI is InChI=1S/C21H28N4O2/c1-15(2)14-23-20(26)18-17-10-6-7-13-25(17)19(24-18)21(27)22-12-11-16-8-4-3-5-9-16/h3-5,8-9,15H,6-7,10-14H2,1-2H3,(H,22,27)(H,23,26). The molecule has 1 aromatic carbocycles. The Morgan fingerprint density at radius 3 is 2.63 bits per heavy atom. The van der Waals surface area contributed by atoms with E-state index in [1.54, 1.807) is 0 Å². The maximum Gasteiger partial charge on any atom is 0.287 e. The van der Waals surface area contributed by atoms with Crippen molar-refractivity contribution in [3.63, 3.8) is 0 Å². The number of carbonyl (C=O) groups excluding carboxylic acids is 2. The first-order valence-electron chi connectivity index (χ1n) is 9.76. The summed E-state index contributed by atoms with van der Waals surface area (Å²) < 4.78 is 1.92. The second kappa shape index (κ2) is 8.84. The van der Waals surface area contributed by atoms with E-state index in [1.807, 2.05) is 34.9 Å². The lowest BCUT2D eigenvalue weighted by atomic mass is 10.1. The van der Waals surface area contributed by atoms with E-state index in [4.69, 9.17) is 0 Å². The number of amides is 2. The minimum atomic E-state index is -0.211. The molecular formula is C21H28N4O2. The molecule has 0 aliphatic carbocycles. The van der Waals surface area contributed by atoms with E-state index in [9.17, 15) is 9.59 Å². The highest BCUT2D eigenvalue weighted by Gasteiger charge is 2.27. The molecule has 27 heavy (non-hydrogen) atoms. The molecule has 1 aliphatic rings. The fourth-order valence-corrected chi connectivity index (χ4v) is 3.32. The maximum absolute atomic E-state index is 12.7. The summed E-state index contributed by atoms with van der Waals surface area (Å²) in [6.45, 7) is 5.98. The number of nitrogens with one attached hydrogen (secondary N) is 2. The summed E-state index contributed by atoms with van der Waals surface area (Å²) in [7, 11) is 0. The highest BCUT2D eigenvalue weighted by Crippen LogP contribution is 2.21. The molecule has 0 saturated carbocycles. The Morgan fingerprint density at radius 2 is 1.89 bits per heavy atom. The van der Waals surface area contributed by atoms with Crippen molar-refractivity contribution in [1.82, 2.24) is 20.2 Å². The number of rotatable bonds is 7. The van der Waals surface area contributed by atoms with E-state index in [2.05, 4.69) is 29.5 Å². The Hall–Kier alpha value is -2.63. The molecule has 2 aromatic rings. The number of hydrogen-bond donors (Lipinski definition) is 2. The van der Waals surface area contributed by atoms with Crippen LogP contribution < -0.4 is 10.6 Å². The Labute approximate surface area is 160 Å². The number of benzene rings is 1. The lowest BCUT2D eigenvalue weighted by molar-refractivity contribution is 0.0938. The summed E-state index contributed by atoms with van der Waals surface area (Å²) in [6.07, 6.45) is 3.57. The molecule has 1 aromatic heterocycles. The summed E-state index contributed by atoms with van der Waals surface area (Å²) in [5, 5.41) is 5.87. The number of hydrogen-bond acceptors (Lipinski definition) is 3. The Balaban J connectivity index is 1.70. The van der Waals surface area contributed by atoms with Crippen molar-refractivity contribution < 1.29 is 9.59 Å². The number of imidazole rings is 1. The van der Waals surface area contributed by atoms with E-state index in [1.165, 1.54) is 5.56 Å². The van der Waals surface area contributed by atoms with Crippen molar-refractivity contribution in [3.8, 4) is 0 Å². The zero-order valence-electron chi connectivity index (χ0n) is 16.1. The van der Waals surface area contributed by atoms with Gasteiger partial charge in [0.25, 0.3) is 11.8 Å². The van der Waals surface area contributed by atoms with E-state index in [-0.39, 0.29) is 11.8 Å². The molecule has 6 heteroatoms. The topological polar surface area (TPSA) is 76.0 Å². The number of carbonyl (C=O) groups is 2. The van der Waals surface area contributed by atoms with Crippen molar-refractivity contribution in [3.05, 3.63) is 53.1 Å². The number of aromatic nitrogens is 2. The van der Waals surface area contributed by atoms with Gasteiger partial charge in [-0.1, -0.05) is 44.2 Å². The smallest absolute Gasteiger partial charge is 0.287 e. The molecule has 2 N–H and O–H groups in total. The fourth-order valence-electron chi connectivity index (χ4n) is 3.32. The van der Waals surface area contributed by atoms with Crippen LogP contribution >= 0.6 is 0 Å². The highest BCUT2D eigenvalue weighted by atomic mass is 16.2. The third-order valence-electron chi connectivity index (χ3n) is 4.75. The molecule has 144 valence electrons. The molecule has 6 nitrogen and oxygen atoms in total. The van der Waals surface area contributed by atoms with Crippen LogP contribution in [0.15, 0.2) is 30.3 Å². The Morgan fingerprint density at radius 1 is 1.11 bits per heavy atom. The second-order valence-corrected chi connectivity index (χ2v) is 7.43. The normalized spacial score (nSPS) is 13.3. The molecular weight excluding hydrogens is 340 g/mol. The zero-order chi connectivity index (χ0) is 19.2. The van der Waals surface area contributed by atoms with Gasteiger partial charge in [-0.05, 0) is 37.2 Å². The molecule has 0 unspecified atom stereocenters. The largest absolute Gasteiger partial charge is 0.350 e. The van der Waals surface area contributed by atoms with E-state index in [0.717, 1.165) is 37.9 Å². The molecule has 0 radical (unpaired) electrons. The van der Waals surface area contributed by atoms with E-state index < -0.39 is 0 Å². The van der Waals surface area contributed by atoms with Crippen LogP contribution in [0.25, 0.3) is 0 Å². The van der Waals surface area contributed by atoms with Crippen molar-refractivity contribution in [2.75, 3.05) is 13.1 Å². The second-order valence-electron chi connectivity index (χ2n) is 7.43. The molecule has 2 amide bonds. The maximum atomic E-state index is 12.7. The number of nitrogens with zero attached hydrogens (tertiary/aromatic N) is 2. The van der Waals surface area contributed by atoms with Gasteiger partial charge < -0.3 is 15.2 Å². The number of fused-ring (bicyclic) bond motifs is 1. The van der Waals surface area contributed by atoms with Crippen LogP contribution in [0.4, 0.5) is 0 Å². The Bertz CT molecular complexity index is 796. The SMILES string of the molecule is CC(C)CNC(=O)c1nc(C(=O)NCCc2ccccc2)n2c1CCCC2. The molecule has 1 aliphatic heterocycles. The van der Waals surface area contributed by atoms with Gasteiger partial charge in [0.2, 0.25) is 0 Å². The van der Waals surface area contributed by atoms with Crippen molar-refractivity contribution in [2.45, 2.75) is 46.1 Å². The van der Waals surface area contributed by atoms with Gasteiger partial charge in [0, 0.05) is 19.6 Å². The molecule has 0 fully saturated rings. The minimum Gasteiger partial charge on any atom is -0.350 e.